The SMILES string of the molecule is CC(c1ccccc1)C1CCNCC1c1cccc(Br)c1. The highest BCUT2D eigenvalue weighted by Gasteiger charge is 2.31. The molecular weight excluding hydrogens is 322 g/mol. The van der Waals surface area contributed by atoms with Crippen LogP contribution in [0.1, 0.15) is 36.3 Å². The predicted molar refractivity (Wildman–Crippen MR) is 92.7 cm³/mol. The minimum Gasteiger partial charge on any atom is -0.316 e. The molecule has 21 heavy (non-hydrogen) atoms. The minimum atomic E-state index is 0.589. The molecule has 3 rings (SSSR count). The van der Waals surface area contributed by atoms with Gasteiger partial charge in [0.15, 0.2) is 0 Å². The molecule has 1 aliphatic rings. The van der Waals surface area contributed by atoms with Crippen molar-refractivity contribution in [3.63, 3.8) is 0 Å². The molecule has 0 aromatic heterocycles. The van der Waals surface area contributed by atoms with Crippen molar-refractivity contribution in [2.45, 2.75) is 25.2 Å². The molecule has 1 fully saturated rings. The molecule has 0 aliphatic carbocycles. The van der Waals surface area contributed by atoms with E-state index < -0.39 is 0 Å². The van der Waals surface area contributed by atoms with Gasteiger partial charge in [0.25, 0.3) is 0 Å². The Kier molecular flexibility index (Phi) is 4.77. The molecular formula is C19H22BrN. The van der Waals surface area contributed by atoms with Crippen LogP contribution in [0.25, 0.3) is 0 Å². The Morgan fingerprint density at radius 3 is 2.67 bits per heavy atom. The molecule has 1 N–H and O–H groups in total. The number of nitrogens with one attached hydrogen (secondary N) is 1. The van der Waals surface area contributed by atoms with Crippen LogP contribution in [-0.4, -0.2) is 13.1 Å². The Hall–Kier alpha value is -1.12. The van der Waals surface area contributed by atoms with Gasteiger partial charge in [0.1, 0.15) is 0 Å². The van der Waals surface area contributed by atoms with Gasteiger partial charge in [-0.1, -0.05) is 65.3 Å². The van der Waals surface area contributed by atoms with Gasteiger partial charge in [-0.05, 0) is 54.0 Å². The molecule has 0 spiro atoms. The third kappa shape index (κ3) is 3.38. The molecule has 0 bridgehead atoms. The summed E-state index contributed by atoms with van der Waals surface area (Å²) in [5.41, 5.74) is 2.91. The van der Waals surface area contributed by atoms with Crippen LogP contribution in [0, 0.1) is 5.92 Å². The van der Waals surface area contributed by atoms with Gasteiger partial charge in [-0.3, -0.25) is 0 Å². The first-order valence-corrected chi connectivity index (χ1v) is 8.56. The normalized spacial score (nSPS) is 23.7. The summed E-state index contributed by atoms with van der Waals surface area (Å²) in [5.74, 6) is 1.88. The summed E-state index contributed by atoms with van der Waals surface area (Å²) in [7, 11) is 0. The van der Waals surface area contributed by atoms with Crippen LogP contribution in [0.5, 0.6) is 0 Å². The Bertz CT molecular complexity index is 581. The van der Waals surface area contributed by atoms with Crippen molar-refractivity contribution < 1.29 is 0 Å². The van der Waals surface area contributed by atoms with E-state index in [-0.39, 0.29) is 0 Å². The first kappa shape index (κ1) is 14.8. The minimum absolute atomic E-state index is 0.589. The molecule has 1 aliphatic heterocycles. The van der Waals surface area contributed by atoms with E-state index in [1.165, 1.54) is 22.0 Å². The Morgan fingerprint density at radius 2 is 1.90 bits per heavy atom. The van der Waals surface area contributed by atoms with Crippen molar-refractivity contribution in [3.8, 4) is 0 Å². The van der Waals surface area contributed by atoms with E-state index in [9.17, 15) is 0 Å². The van der Waals surface area contributed by atoms with Crippen molar-refractivity contribution >= 4 is 15.9 Å². The topological polar surface area (TPSA) is 12.0 Å². The molecule has 2 heteroatoms. The second-order valence-electron chi connectivity index (χ2n) is 6.02. The summed E-state index contributed by atoms with van der Waals surface area (Å²) in [6.07, 6.45) is 1.24. The fourth-order valence-corrected chi connectivity index (χ4v) is 4.00. The molecule has 110 valence electrons. The monoisotopic (exact) mass is 343 g/mol. The lowest BCUT2D eigenvalue weighted by Crippen LogP contribution is -2.37. The maximum Gasteiger partial charge on any atom is 0.0178 e. The molecule has 3 unspecified atom stereocenters. The summed E-state index contributed by atoms with van der Waals surface area (Å²) in [6.45, 7) is 4.60. The van der Waals surface area contributed by atoms with E-state index in [0.29, 0.717) is 17.8 Å². The molecule has 1 saturated heterocycles. The second kappa shape index (κ2) is 6.76. The van der Waals surface area contributed by atoms with Gasteiger partial charge >= 0.3 is 0 Å². The van der Waals surface area contributed by atoms with Crippen LogP contribution in [0.3, 0.4) is 0 Å². The zero-order valence-corrected chi connectivity index (χ0v) is 14.0. The molecule has 1 heterocycles. The highest BCUT2D eigenvalue weighted by atomic mass is 79.9. The molecule has 0 radical (unpaired) electrons. The van der Waals surface area contributed by atoms with Crippen LogP contribution in [0.15, 0.2) is 59.1 Å². The summed E-state index contributed by atoms with van der Waals surface area (Å²) >= 11 is 3.61. The zero-order valence-electron chi connectivity index (χ0n) is 12.4. The molecule has 1 nitrogen and oxygen atoms in total. The van der Waals surface area contributed by atoms with Crippen LogP contribution in [-0.2, 0) is 0 Å². The maximum absolute atomic E-state index is 3.61. The fraction of sp³-hybridized carbons (Fsp3) is 0.368. The number of hydrogen-bond donors (Lipinski definition) is 1. The van der Waals surface area contributed by atoms with Gasteiger partial charge in [0.05, 0.1) is 0 Å². The summed E-state index contributed by atoms with van der Waals surface area (Å²) < 4.78 is 1.18. The van der Waals surface area contributed by atoms with Gasteiger partial charge in [0.2, 0.25) is 0 Å². The van der Waals surface area contributed by atoms with E-state index in [1.807, 2.05) is 0 Å². The van der Waals surface area contributed by atoms with Gasteiger partial charge in [0, 0.05) is 11.0 Å². The Labute approximate surface area is 135 Å². The number of piperidine rings is 1. The van der Waals surface area contributed by atoms with Crippen LogP contribution < -0.4 is 5.32 Å². The maximum atomic E-state index is 3.61. The molecule has 3 atom stereocenters. The van der Waals surface area contributed by atoms with Crippen molar-refractivity contribution in [1.29, 1.82) is 0 Å². The lowest BCUT2D eigenvalue weighted by molar-refractivity contribution is 0.285. The first-order valence-electron chi connectivity index (χ1n) is 7.77. The number of rotatable bonds is 3. The molecule has 0 saturated carbocycles. The third-order valence-corrected chi connectivity index (χ3v) is 5.27. The van der Waals surface area contributed by atoms with Gasteiger partial charge < -0.3 is 5.32 Å². The smallest absolute Gasteiger partial charge is 0.0178 e. The highest BCUT2D eigenvalue weighted by molar-refractivity contribution is 9.10. The van der Waals surface area contributed by atoms with Crippen molar-refractivity contribution in [2.24, 2.45) is 5.92 Å². The van der Waals surface area contributed by atoms with E-state index in [0.717, 1.165) is 13.1 Å². The Balaban J connectivity index is 1.88. The fourth-order valence-electron chi connectivity index (χ4n) is 3.58. The van der Waals surface area contributed by atoms with Crippen LogP contribution >= 0.6 is 15.9 Å². The average molecular weight is 344 g/mol. The first-order chi connectivity index (χ1) is 10.3. The number of benzene rings is 2. The predicted octanol–water partition coefficient (Wildman–Crippen LogP) is 4.95. The summed E-state index contributed by atoms with van der Waals surface area (Å²) in [6, 6.07) is 19.8. The molecule has 2 aromatic carbocycles. The van der Waals surface area contributed by atoms with Crippen molar-refractivity contribution in [3.05, 3.63) is 70.2 Å². The second-order valence-corrected chi connectivity index (χ2v) is 6.93. The van der Waals surface area contributed by atoms with Gasteiger partial charge in [-0.15, -0.1) is 0 Å². The van der Waals surface area contributed by atoms with E-state index >= 15 is 0 Å². The van der Waals surface area contributed by atoms with Crippen LogP contribution in [0.4, 0.5) is 0 Å². The summed E-state index contributed by atoms with van der Waals surface area (Å²) in [5, 5.41) is 3.57. The largest absolute Gasteiger partial charge is 0.316 e. The molecule has 2 aromatic rings. The lowest BCUT2D eigenvalue weighted by atomic mass is 9.72. The van der Waals surface area contributed by atoms with E-state index in [4.69, 9.17) is 0 Å². The van der Waals surface area contributed by atoms with Gasteiger partial charge in [-0.2, -0.15) is 0 Å². The van der Waals surface area contributed by atoms with Gasteiger partial charge in [-0.25, -0.2) is 0 Å². The quantitative estimate of drug-likeness (QED) is 0.831. The van der Waals surface area contributed by atoms with Crippen molar-refractivity contribution in [1.82, 2.24) is 5.32 Å². The average Bonchev–Trinajstić information content (AvgIpc) is 2.55. The van der Waals surface area contributed by atoms with Crippen LogP contribution in [0.2, 0.25) is 0 Å². The zero-order chi connectivity index (χ0) is 14.7. The third-order valence-electron chi connectivity index (χ3n) is 4.78. The van der Waals surface area contributed by atoms with E-state index in [1.54, 1.807) is 0 Å². The highest BCUT2D eigenvalue weighted by Crippen LogP contribution is 2.39. The molecule has 0 amide bonds. The standard InChI is InChI=1S/C19H22BrN/c1-14(15-6-3-2-4-7-15)18-10-11-21-13-19(18)16-8-5-9-17(20)12-16/h2-9,12,14,18-19,21H,10-11,13H2,1H3. The lowest BCUT2D eigenvalue weighted by Gasteiger charge is -2.37. The number of halogens is 1. The van der Waals surface area contributed by atoms with E-state index in [2.05, 4.69) is 82.8 Å². The Morgan fingerprint density at radius 1 is 1.10 bits per heavy atom. The number of hydrogen-bond acceptors (Lipinski definition) is 1. The summed E-state index contributed by atoms with van der Waals surface area (Å²) in [4.78, 5) is 0. The van der Waals surface area contributed by atoms with Crippen molar-refractivity contribution in [2.75, 3.05) is 13.1 Å².